The molecule has 3 rings (SSSR count). The molecule has 1 amide bonds. The third-order valence-corrected chi connectivity index (χ3v) is 6.87. The Labute approximate surface area is 202 Å². The molecule has 0 saturated carbocycles. The molecule has 1 N–H and O–H groups in total. The Hall–Kier alpha value is -2.01. The summed E-state index contributed by atoms with van der Waals surface area (Å²) in [6.07, 6.45) is 0.633. The van der Waals surface area contributed by atoms with Crippen molar-refractivity contribution in [1.29, 1.82) is 0 Å². The number of amides is 1. The molecule has 1 aliphatic heterocycles. The third-order valence-electron chi connectivity index (χ3n) is 5.57. The monoisotopic (exact) mass is 542 g/mol. The topological polar surface area (TPSA) is 87.2 Å². The Morgan fingerprint density at radius 1 is 1.21 bits per heavy atom. The van der Waals surface area contributed by atoms with Gasteiger partial charge in [-0.15, -0.1) is 0 Å². The van der Waals surface area contributed by atoms with Crippen molar-refractivity contribution in [1.82, 2.24) is 9.80 Å². The standard InChI is InChI=1S/C23H28BrFN2O5S/c1-17-14-26(15-18-4-7-21(25)8-5-18)10-11-27(17)23(28)16-32-22-9-6-20(24)13-19(22)3-2-12-33(29,30)31/h4-9,13,17H,2-3,10-12,14-16H2,1H3,(H,29,30,31). The summed E-state index contributed by atoms with van der Waals surface area (Å²) in [4.78, 5) is 16.9. The fraction of sp³-hybridized carbons (Fsp3) is 0.435. The molecular weight excluding hydrogens is 515 g/mol. The summed E-state index contributed by atoms with van der Waals surface area (Å²) >= 11 is 3.39. The van der Waals surface area contributed by atoms with Crippen LogP contribution in [-0.4, -0.2) is 66.7 Å². The van der Waals surface area contributed by atoms with E-state index in [0.717, 1.165) is 15.6 Å². The highest BCUT2D eigenvalue weighted by Gasteiger charge is 2.27. The van der Waals surface area contributed by atoms with E-state index in [2.05, 4.69) is 20.8 Å². The Morgan fingerprint density at radius 2 is 1.94 bits per heavy atom. The second-order valence-electron chi connectivity index (χ2n) is 8.23. The summed E-state index contributed by atoms with van der Waals surface area (Å²) in [5, 5.41) is 0. The Morgan fingerprint density at radius 3 is 2.61 bits per heavy atom. The molecule has 1 aliphatic rings. The molecule has 0 aromatic heterocycles. The largest absolute Gasteiger partial charge is 0.483 e. The van der Waals surface area contributed by atoms with Gasteiger partial charge in [0.15, 0.2) is 6.61 Å². The van der Waals surface area contributed by atoms with Crippen LogP contribution >= 0.6 is 15.9 Å². The van der Waals surface area contributed by atoms with E-state index in [4.69, 9.17) is 9.29 Å². The fourth-order valence-electron chi connectivity index (χ4n) is 3.95. The molecule has 10 heteroatoms. The molecular formula is C23H28BrFN2O5S. The second-order valence-corrected chi connectivity index (χ2v) is 10.7. The SMILES string of the molecule is CC1CN(Cc2ccc(F)cc2)CCN1C(=O)COc1ccc(Br)cc1CCCS(=O)(=O)O. The van der Waals surface area contributed by atoms with Gasteiger partial charge in [0.25, 0.3) is 16.0 Å². The van der Waals surface area contributed by atoms with E-state index in [9.17, 15) is 17.6 Å². The first-order chi connectivity index (χ1) is 15.6. The molecule has 2 aromatic carbocycles. The van der Waals surface area contributed by atoms with Crippen LogP contribution in [0.2, 0.25) is 0 Å². The van der Waals surface area contributed by atoms with Crippen molar-refractivity contribution in [3.8, 4) is 5.75 Å². The number of benzene rings is 2. The number of carbonyl (C=O) groups excluding carboxylic acids is 1. The highest BCUT2D eigenvalue weighted by Crippen LogP contribution is 2.25. The minimum Gasteiger partial charge on any atom is -0.483 e. The first-order valence-electron chi connectivity index (χ1n) is 10.7. The number of carbonyl (C=O) groups is 1. The smallest absolute Gasteiger partial charge is 0.264 e. The molecule has 1 atom stereocenters. The number of rotatable bonds is 9. The number of aryl methyl sites for hydroxylation is 1. The van der Waals surface area contributed by atoms with E-state index in [-0.39, 0.29) is 36.5 Å². The van der Waals surface area contributed by atoms with Gasteiger partial charge >= 0.3 is 0 Å². The molecule has 0 bridgehead atoms. The van der Waals surface area contributed by atoms with Crippen molar-refractivity contribution in [2.24, 2.45) is 0 Å². The highest BCUT2D eigenvalue weighted by molar-refractivity contribution is 9.10. The molecule has 7 nitrogen and oxygen atoms in total. The van der Waals surface area contributed by atoms with E-state index in [0.29, 0.717) is 38.3 Å². The van der Waals surface area contributed by atoms with Crippen LogP contribution in [0.3, 0.4) is 0 Å². The zero-order valence-corrected chi connectivity index (χ0v) is 20.8. The van der Waals surface area contributed by atoms with Crippen molar-refractivity contribution in [3.63, 3.8) is 0 Å². The lowest BCUT2D eigenvalue weighted by atomic mass is 10.1. The van der Waals surface area contributed by atoms with Crippen LogP contribution in [0.5, 0.6) is 5.75 Å². The summed E-state index contributed by atoms with van der Waals surface area (Å²) < 4.78 is 50.6. The van der Waals surface area contributed by atoms with E-state index < -0.39 is 10.1 Å². The molecule has 1 unspecified atom stereocenters. The van der Waals surface area contributed by atoms with Crippen LogP contribution in [0.4, 0.5) is 4.39 Å². The first kappa shape index (κ1) is 25.6. The number of nitrogens with zero attached hydrogens (tertiary/aromatic N) is 2. The van der Waals surface area contributed by atoms with Crippen molar-refractivity contribution >= 4 is 32.0 Å². The lowest BCUT2D eigenvalue weighted by molar-refractivity contribution is -0.138. The maximum atomic E-state index is 13.1. The van der Waals surface area contributed by atoms with E-state index in [1.54, 1.807) is 29.2 Å². The Kier molecular flexibility index (Phi) is 8.86. The van der Waals surface area contributed by atoms with Gasteiger partial charge < -0.3 is 9.64 Å². The second kappa shape index (κ2) is 11.4. The minimum atomic E-state index is -4.02. The average molecular weight is 543 g/mol. The highest BCUT2D eigenvalue weighted by atomic mass is 79.9. The van der Waals surface area contributed by atoms with Crippen LogP contribution in [0.25, 0.3) is 0 Å². The molecule has 1 heterocycles. The molecule has 0 spiro atoms. The fourth-order valence-corrected chi connectivity index (χ4v) is 4.86. The summed E-state index contributed by atoms with van der Waals surface area (Å²) in [5.41, 5.74) is 1.79. The van der Waals surface area contributed by atoms with Crippen LogP contribution in [0, 0.1) is 5.82 Å². The van der Waals surface area contributed by atoms with E-state index in [1.165, 1.54) is 12.1 Å². The maximum absolute atomic E-state index is 13.1. The number of halogens is 2. The molecule has 180 valence electrons. The van der Waals surface area contributed by atoms with Gasteiger partial charge in [-0.2, -0.15) is 8.42 Å². The van der Waals surface area contributed by atoms with Crippen molar-refractivity contribution in [3.05, 3.63) is 63.9 Å². The molecule has 33 heavy (non-hydrogen) atoms. The van der Waals surface area contributed by atoms with Crippen LogP contribution < -0.4 is 4.74 Å². The first-order valence-corrected chi connectivity index (χ1v) is 13.1. The number of ether oxygens (including phenoxy) is 1. The minimum absolute atomic E-state index is 0.00875. The molecule has 1 saturated heterocycles. The van der Waals surface area contributed by atoms with Gasteiger partial charge in [-0.3, -0.25) is 14.2 Å². The summed E-state index contributed by atoms with van der Waals surface area (Å²) in [6, 6.07) is 11.8. The van der Waals surface area contributed by atoms with Crippen LogP contribution in [-0.2, 0) is 27.9 Å². The lowest BCUT2D eigenvalue weighted by Crippen LogP contribution is -2.54. The van der Waals surface area contributed by atoms with E-state index in [1.807, 2.05) is 13.0 Å². The van der Waals surface area contributed by atoms with Gasteiger partial charge in [-0.05, 0) is 61.2 Å². The summed E-state index contributed by atoms with van der Waals surface area (Å²) in [6.45, 7) is 4.58. The van der Waals surface area contributed by atoms with Crippen LogP contribution in [0.15, 0.2) is 46.9 Å². The van der Waals surface area contributed by atoms with Crippen molar-refractivity contribution < 1.29 is 26.9 Å². The van der Waals surface area contributed by atoms with Gasteiger partial charge in [0.1, 0.15) is 11.6 Å². The normalized spacial score (nSPS) is 17.2. The zero-order chi connectivity index (χ0) is 24.0. The number of hydrogen-bond donors (Lipinski definition) is 1. The summed E-state index contributed by atoms with van der Waals surface area (Å²) in [5.74, 6) is -0.187. The molecule has 2 aromatic rings. The van der Waals surface area contributed by atoms with E-state index >= 15 is 0 Å². The Bertz CT molecular complexity index is 1070. The Balaban J connectivity index is 1.53. The maximum Gasteiger partial charge on any atom is 0.264 e. The third kappa shape index (κ3) is 8.06. The number of piperazine rings is 1. The molecule has 0 aliphatic carbocycles. The predicted molar refractivity (Wildman–Crippen MR) is 127 cm³/mol. The predicted octanol–water partition coefficient (Wildman–Crippen LogP) is 3.52. The van der Waals surface area contributed by atoms with Gasteiger partial charge in [0.05, 0.1) is 5.75 Å². The molecule has 1 fully saturated rings. The van der Waals surface area contributed by atoms with Crippen molar-refractivity contribution in [2.75, 3.05) is 32.0 Å². The number of hydrogen-bond acceptors (Lipinski definition) is 5. The van der Waals surface area contributed by atoms with Gasteiger partial charge in [0, 0.05) is 36.7 Å². The van der Waals surface area contributed by atoms with Crippen LogP contribution in [0.1, 0.15) is 24.5 Å². The van der Waals surface area contributed by atoms with Crippen molar-refractivity contribution in [2.45, 2.75) is 32.4 Å². The zero-order valence-electron chi connectivity index (χ0n) is 18.4. The molecule has 0 radical (unpaired) electrons. The lowest BCUT2D eigenvalue weighted by Gasteiger charge is -2.39. The van der Waals surface area contributed by atoms with Gasteiger partial charge in [0.2, 0.25) is 0 Å². The van der Waals surface area contributed by atoms with Gasteiger partial charge in [-0.1, -0.05) is 28.1 Å². The average Bonchev–Trinajstić information content (AvgIpc) is 2.74. The van der Waals surface area contributed by atoms with Gasteiger partial charge in [-0.25, -0.2) is 4.39 Å². The summed E-state index contributed by atoms with van der Waals surface area (Å²) in [7, 11) is -4.02. The quantitative estimate of drug-likeness (QED) is 0.488.